The smallest absolute Gasteiger partial charge is 0.262 e. The standard InChI is InChI=1S/C22H25ClN4O5/c1-13(2)19(26-21(29)14-7-9-16(23)10-8-14)22(30)27-25-11-15-5-4-6-17(31-3)20(15)32-12-18(24)28/h4-11,13,19H,12H2,1-3H3,(H2,24,28)(H,26,29)(H,27,30). The van der Waals surface area contributed by atoms with Crippen LogP contribution in [-0.4, -0.2) is 43.7 Å². The van der Waals surface area contributed by atoms with E-state index in [4.69, 9.17) is 26.8 Å². The number of nitrogens with one attached hydrogen (secondary N) is 2. The quantitative estimate of drug-likeness (QED) is 0.369. The summed E-state index contributed by atoms with van der Waals surface area (Å²) in [6.07, 6.45) is 1.34. The minimum atomic E-state index is -0.828. The molecule has 10 heteroatoms. The van der Waals surface area contributed by atoms with Crippen LogP contribution in [0.5, 0.6) is 11.5 Å². The van der Waals surface area contributed by atoms with Crippen molar-refractivity contribution in [2.45, 2.75) is 19.9 Å². The van der Waals surface area contributed by atoms with Crippen molar-refractivity contribution in [3.8, 4) is 11.5 Å². The number of hydrogen-bond acceptors (Lipinski definition) is 6. The minimum Gasteiger partial charge on any atom is -0.493 e. The fourth-order valence-electron chi connectivity index (χ4n) is 2.69. The molecule has 4 N–H and O–H groups in total. The number of para-hydroxylation sites is 1. The summed E-state index contributed by atoms with van der Waals surface area (Å²) in [6.45, 7) is 3.25. The maximum absolute atomic E-state index is 12.6. The van der Waals surface area contributed by atoms with Crippen molar-refractivity contribution >= 4 is 35.5 Å². The lowest BCUT2D eigenvalue weighted by atomic mass is 10.0. The SMILES string of the molecule is COc1cccc(C=NNC(=O)C(NC(=O)c2ccc(Cl)cc2)C(C)C)c1OCC(N)=O. The summed E-state index contributed by atoms with van der Waals surface area (Å²) < 4.78 is 10.6. The molecule has 1 unspecified atom stereocenters. The van der Waals surface area contributed by atoms with Crippen LogP contribution in [0.3, 0.4) is 0 Å². The van der Waals surface area contributed by atoms with Crippen molar-refractivity contribution in [1.82, 2.24) is 10.7 Å². The van der Waals surface area contributed by atoms with Crippen molar-refractivity contribution < 1.29 is 23.9 Å². The van der Waals surface area contributed by atoms with Crippen molar-refractivity contribution in [2.24, 2.45) is 16.8 Å². The summed E-state index contributed by atoms with van der Waals surface area (Å²) in [5, 5.41) is 7.16. The Labute approximate surface area is 190 Å². The molecule has 0 heterocycles. The Balaban J connectivity index is 2.10. The second kappa shape index (κ2) is 11.7. The topological polar surface area (TPSA) is 132 Å². The molecule has 0 aliphatic rings. The summed E-state index contributed by atoms with van der Waals surface area (Å²) in [5.74, 6) is -1.13. The molecule has 0 saturated carbocycles. The molecule has 0 aliphatic heterocycles. The van der Waals surface area contributed by atoms with Crippen molar-refractivity contribution in [1.29, 1.82) is 0 Å². The van der Waals surface area contributed by atoms with Crippen LogP contribution >= 0.6 is 11.6 Å². The predicted molar refractivity (Wildman–Crippen MR) is 121 cm³/mol. The van der Waals surface area contributed by atoms with Gasteiger partial charge >= 0.3 is 0 Å². The van der Waals surface area contributed by atoms with E-state index in [9.17, 15) is 14.4 Å². The van der Waals surface area contributed by atoms with Gasteiger partial charge in [-0.1, -0.05) is 31.5 Å². The fraction of sp³-hybridized carbons (Fsp3) is 0.273. The van der Waals surface area contributed by atoms with Gasteiger partial charge in [-0.05, 0) is 42.3 Å². The van der Waals surface area contributed by atoms with Gasteiger partial charge < -0.3 is 20.5 Å². The Morgan fingerprint density at radius 1 is 1.16 bits per heavy atom. The Hall–Kier alpha value is -3.59. The number of ether oxygens (including phenoxy) is 2. The van der Waals surface area contributed by atoms with E-state index in [1.54, 1.807) is 56.3 Å². The van der Waals surface area contributed by atoms with Crippen LogP contribution in [0.15, 0.2) is 47.6 Å². The second-order valence-corrected chi connectivity index (χ2v) is 7.51. The maximum Gasteiger partial charge on any atom is 0.262 e. The first-order valence-electron chi connectivity index (χ1n) is 9.70. The second-order valence-electron chi connectivity index (χ2n) is 7.07. The van der Waals surface area contributed by atoms with E-state index in [-0.39, 0.29) is 18.3 Å². The molecule has 0 saturated heterocycles. The van der Waals surface area contributed by atoms with Crippen molar-refractivity contribution in [3.05, 3.63) is 58.6 Å². The summed E-state index contributed by atoms with van der Waals surface area (Å²) in [4.78, 5) is 36.2. The molecule has 0 bridgehead atoms. The van der Waals surface area contributed by atoms with Crippen molar-refractivity contribution in [3.63, 3.8) is 0 Å². The molecular weight excluding hydrogens is 436 g/mol. The number of carbonyl (C=O) groups excluding carboxylic acids is 3. The number of nitrogens with two attached hydrogens (primary N) is 1. The van der Waals surface area contributed by atoms with Crippen LogP contribution in [-0.2, 0) is 9.59 Å². The van der Waals surface area contributed by atoms with Gasteiger partial charge in [-0.2, -0.15) is 5.10 Å². The minimum absolute atomic E-state index is 0.201. The lowest BCUT2D eigenvalue weighted by Gasteiger charge is -2.20. The number of halogens is 1. The molecule has 2 rings (SSSR count). The lowest BCUT2D eigenvalue weighted by Crippen LogP contribution is -2.48. The average molecular weight is 461 g/mol. The Morgan fingerprint density at radius 3 is 2.44 bits per heavy atom. The number of methoxy groups -OCH3 is 1. The van der Waals surface area contributed by atoms with Gasteiger partial charge in [-0.15, -0.1) is 0 Å². The highest BCUT2D eigenvalue weighted by Crippen LogP contribution is 2.29. The highest BCUT2D eigenvalue weighted by molar-refractivity contribution is 6.30. The Morgan fingerprint density at radius 2 is 1.84 bits per heavy atom. The first-order valence-corrected chi connectivity index (χ1v) is 10.1. The predicted octanol–water partition coefficient (Wildman–Crippen LogP) is 2.12. The van der Waals surface area contributed by atoms with Crippen LogP contribution in [0.2, 0.25) is 5.02 Å². The van der Waals surface area contributed by atoms with Crippen LogP contribution in [0.4, 0.5) is 0 Å². The number of nitrogens with zero attached hydrogens (tertiary/aromatic N) is 1. The first kappa shape index (κ1) is 24.7. The van der Waals surface area contributed by atoms with E-state index in [1.165, 1.54) is 13.3 Å². The van der Waals surface area contributed by atoms with E-state index in [0.29, 0.717) is 21.9 Å². The van der Waals surface area contributed by atoms with Gasteiger partial charge in [0.05, 0.1) is 13.3 Å². The Bertz CT molecular complexity index is 992. The van der Waals surface area contributed by atoms with E-state index in [2.05, 4.69) is 15.8 Å². The van der Waals surface area contributed by atoms with Crippen LogP contribution < -0.4 is 25.9 Å². The molecule has 2 aromatic rings. The van der Waals surface area contributed by atoms with Gasteiger partial charge in [0.1, 0.15) is 6.04 Å². The van der Waals surface area contributed by atoms with E-state index < -0.39 is 23.8 Å². The van der Waals surface area contributed by atoms with Crippen LogP contribution in [0.1, 0.15) is 29.8 Å². The molecule has 0 aliphatic carbocycles. The molecule has 9 nitrogen and oxygen atoms in total. The lowest BCUT2D eigenvalue weighted by molar-refractivity contribution is -0.124. The average Bonchev–Trinajstić information content (AvgIpc) is 2.76. The maximum atomic E-state index is 12.6. The number of primary amides is 1. The van der Waals surface area contributed by atoms with E-state index in [1.807, 2.05) is 0 Å². The molecule has 0 fully saturated rings. The largest absolute Gasteiger partial charge is 0.493 e. The molecule has 0 spiro atoms. The molecule has 32 heavy (non-hydrogen) atoms. The summed E-state index contributed by atoms with van der Waals surface area (Å²) in [6, 6.07) is 10.5. The normalized spacial score (nSPS) is 11.8. The monoisotopic (exact) mass is 460 g/mol. The third-order valence-electron chi connectivity index (χ3n) is 4.31. The first-order chi connectivity index (χ1) is 15.2. The zero-order valence-electron chi connectivity index (χ0n) is 17.9. The molecule has 1 atom stereocenters. The number of hydrazone groups is 1. The van der Waals surface area contributed by atoms with Crippen molar-refractivity contribution in [2.75, 3.05) is 13.7 Å². The molecule has 0 radical (unpaired) electrons. The molecular formula is C22H25ClN4O5. The van der Waals surface area contributed by atoms with E-state index in [0.717, 1.165) is 0 Å². The van der Waals surface area contributed by atoms with Gasteiger partial charge in [0, 0.05) is 16.1 Å². The number of benzene rings is 2. The zero-order valence-corrected chi connectivity index (χ0v) is 18.7. The fourth-order valence-corrected chi connectivity index (χ4v) is 2.81. The highest BCUT2D eigenvalue weighted by atomic mass is 35.5. The van der Waals surface area contributed by atoms with Gasteiger partial charge in [0.25, 0.3) is 17.7 Å². The summed E-state index contributed by atoms with van der Waals surface area (Å²) in [5.41, 5.74) is 8.39. The molecule has 170 valence electrons. The number of amides is 3. The Kier molecular flexibility index (Phi) is 9.03. The van der Waals surface area contributed by atoms with Crippen LogP contribution in [0.25, 0.3) is 0 Å². The third kappa shape index (κ3) is 6.98. The molecule has 2 aromatic carbocycles. The van der Waals surface area contributed by atoms with E-state index >= 15 is 0 Å². The number of carbonyl (C=O) groups is 3. The summed E-state index contributed by atoms with van der Waals surface area (Å²) >= 11 is 5.84. The number of rotatable bonds is 10. The molecule has 0 aromatic heterocycles. The van der Waals surface area contributed by atoms with Gasteiger partial charge in [-0.3, -0.25) is 14.4 Å². The van der Waals surface area contributed by atoms with Gasteiger partial charge in [0.2, 0.25) is 0 Å². The number of hydrogen-bond donors (Lipinski definition) is 3. The van der Waals surface area contributed by atoms with Gasteiger partial charge in [0.15, 0.2) is 18.1 Å². The molecule has 3 amide bonds. The summed E-state index contributed by atoms with van der Waals surface area (Å²) in [7, 11) is 1.45. The van der Waals surface area contributed by atoms with Gasteiger partial charge in [-0.25, -0.2) is 5.43 Å². The third-order valence-corrected chi connectivity index (χ3v) is 4.56. The highest BCUT2D eigenvalue weighted by Gasteiger charge is 2.24. The van der Waals surface area contributed by atoms with Crippen LogP contribution in [0, 0.1) is 5.92 Å². The zero-order chi connectivity index (χ0) is 23.7.